The molecule has 3 saturated heterocycles. The topological polar surface area (TPSA) is 98.7 Å². The Labute approximate surface area is 212 Å². The first-order chi connectivity index (χ1) is 16.9. The molecule has 3 heterocycles. The minimum Gasteiger partial charge on any atom is -0.396 e. The van der Waals surface area contributed by atoms with E-state index in [9.17, 15) is 14.4 Å². The minimum absolute atomic E-state index is 0.0389. The van der Waals surface area contributed by atoms with E-state index in [1.54, 1.807) is 16.7 Å². The summed E-state index contributed by atoms with van der Waals surface area (Å²) < 4.78 is -0.554. The Morgan fingerprint density at radius 3 is 2.54 bits per heavy atom. The number of hydrogen-bond acceptors (Lipinski definition) is 5. The van der Waals surface area contributed by atoms with E-state index in [0.29, 0.717) is 13.1 Å². The summed E-state index contributed by atoms with van der Waals surface area (Å²) in [6.45, 7) is 7.25. The van der Waals surface area contributed by atoms with Crippen molar-refractivity contribution in [3.05, 3.63) is 29.3 Å². The van der Waals surface area contributed by atoms with Crippen LogP contribution in [0.1, 0.15) is 63.0 Å². The van der Waals surface area contributed by atoms with Gasteiger partial charge in [0.25, 0.3) is 0 Å². The molecule has 0 aliphatic carbocycles. The zero-order valence-corrected chi connectivity index (χ0v) is 22.0. The molecule has 0 saturated carbocycles. The summed E-state index contributed by atoms with van der Waals surface area (Å²) in [6, 6.07) is 5.34. The van der Waals surface area contributed by atoms with Crippen LogP contribution in [0.5, 0.6) is 0 Å². The standard InChI is InChI=1S/C27H39N3O4S/c1-4-14-28-24(32)20-19-12-13-27(35-19)21(20)26(34)30(15-7-5-6-8-16-31)23(27)25(33)29-22-17(2)10-9-11-18(22)3/h9-11,19-21,23,31H,4-8,12-16H2,1-3H3,(H,28,32)(H,29,33)/t19-,20+,21+,23?,27?/m1/s1. The monoisotopic (exact) mass is 501 g/mol. The molecule has 0 aromatic heterocycles. The van der Waals surface area contributed by atoms with Gasteiger partial charge in [-0.3, -0.25) is 14.4 Å². The lowest BCUT2D eigenvalue weighted by atomic mass is 9.70. The Morgan fingerprint density at radius 1 is 1.14 bits per heavy atom. The number of nitrogens with one attached hydrogen (secondary N) is 2. The molecule has 3 aliphatic rings. The predicted molar refractivity (Wildman–Crippen MR) is 139 cm³/mol. The number of aliphatic hydroxyl groups excluding tert-OH is 1. The number of aryl methyl sites for hydroxylation is 2. The molecule has 8 heteroatoms. The highest BCUT2D eigenvalue weighted by atomic mass is 32.2. The number of carbonyl (C=O) groups is 3. The van der Waals surface area contributed by atoms with Gasteiger partial charge in [-0.05, 0) is 57.1 Å². The van der Waals surface area contributed by atoms with E-state index in [0.717, 1.165) is 61.8 Å². The number of aliphatic hydroxyl groups is 1. The van der Waals surface area contributed by atoms with E-state index in [1.165, 1.54) is 0 Å². The molecule has 2 bridgehead atoms. The zero-order chi connectivity index (χ0) is 25.2. The average molecular weight is 502 g/mol. The summed E-state index contributed by atoms with van der Waals surface area (Å²) in [5.74, 6) is -1.04. The van der Waals surface area contributed by atoms with Crippen molar-refractivity contribution in [2.24, 2.45) is 11.8 Å². The smallest absolute Gasteiger partial charge is 0.248 e. The average Bonchev–Trinajstić information content (AvgIpc) is 3.47. The fraction of sp³-hybridized carbons (Fsp3) is 0.667. The Bertz CT molecular complexity index is 949. The minimum atomic E-state index is -0.587. The number of para-hydroxylation sites is 1. The van der Waals surface area contributed by atoms with Crippen LogP contribution >= 0.6 is 11.8 Å². The van der Waals surface area contributed by atoms with Gasteiger partial charge in [0.15, 0.2) is 0 Å². The number of rotatable bonds is 11. The Hall–Kier alpha value is -2.06. The lowest BCUT2D eigenvalue weighted by molar-refractivity contribution is -0.139. The second-order valence-corrected chi connectivity index (χ2v) is 11.9. The maximum atomic E-state index is 13.9. The maximum Gasteiger partial charge on any atom is 0.248 e. The highest BCUT2D eigenvalue weighted by Crippen LogP contribution is 2.66. The summed E-state index contributed by atoms with van der Waals surface area (Å²) in [6.07, 6.45) is 5.80. The van der Waals surface area contributed by atoms with Crippen molar-refractivity contribution in [2.75, 3.05) is 25.0 Å². The van der Waals surface area contributed by atoms with Gasteiger partial charge >= 0.3 is 0 Å². The van der Waals surface area contributed by atoms with Gasteiger partial charge in [0, 0.05) is 30.6 Å². The van der Waals surface area contributed by atoms with Gasteiger partial charge in [-0.15, -0.1) is 11.8 Å². The van der Waals surface area contributed by atoms with E-state index in [2.05, 4.69) is 10.6 Å². The predicted octanol–water partition coefficient (Wildman–Crippen LogP) is 3.41. The molecule has 7 nitrogen and oxygen atoms in total. The normalized spacial score (nSPS) is 28.9. The number of amides is 3. The summed E-state index contributed by atoms with van der Waals surface area (Å²) in [5, 5.41) is 15.4. The summed E-state index contributed by atoms with van der Waals surface area (Å²) in [7, 11) is 0. The Morgan fingerprint density at radius 2 is 1.86 bits per heavy atom. The van der Waals surface area contributed by atoms with Crippen molar-refractivity contribution in [3.63, 3.8) is 0 Å². The van der Waals surface area contributed by atoms with Crippen LogP contribution in [-0.2, 0) is 14.4 Å². The van der Waals surface area contributed by atoms with Crippen LogP contribution in [-0.4, -0.2) is 63.5 Å². The highest BCUT2D eigenvalue weighted by Gasteiger charge is 2.73. The van der Waals surface area contributed by atoms with E-state index in [1.807, 2.05) is 39.0 Å². The number of anilines is 1. The lowest BCUT2D eigenvalue weighted by Gasteiger charge is -2.34. The first-order valence-corrected chi connectivity index (χ1v) is 14.0. The van der Waals surface area contributed by atoms with Crippen molar-refractivity contribution in [2.45, 2.75) is 81.8 Å². The third-order valence-corrected chi connectivity index (χ3v) is 9.89. The fourth-order valence-corrected chi connectivity index (χ4v) is 8.53. The van der Waals surface area contributed by atoms with Gasteiger partial charge in [-0.1, -0.05) is 38.0 Å². The number of benzene rings is 1. The van der Waals surface area contributed by atoms with Gasteiger partial charge in [0.1, 0.15) is 6.04 Å². The van der Waals surface area contributed by atoms with Crippen molar-refractivity contribution < 1.29 is 19.5 Å². The maximum absolute atomic E-state index is 13.9. The SMILES string of the molecule is CCCNC(=O)[C@@H]1[C@H]2C(=O)N(CCCCCCO)C(C(=O)Nc3c(C)cccc3C)C23CC[C@H]1S3. The van der Waals surface area contributed by atoms with E-state index < -0.39 is 16.7 Å². The second kappa shape index (κ2) is 10.9. The van der Waals surface area contributed by atoms with Gasteiger partial charge < -0.3 is 20.6 Å². The number of likely N-dealkylation sites (tertiary alicyclic amines) is 1. The first-order valence-electron chi connectivity index (χ1n) is 13.1. The number of nitrogens with zero attached hydrogens (tertiary/aromatic N) is 1. The number of carbonyl (C=O) groups excluding carboxylic acids is 3. The summed E-state index contributed by atoms with van der Waals surface area (Å²) in [4.78, 5) is 42.8. The van der Waals surface area contributed by atoms with Crippen LogP contribution in [0.4, 0.5) is 5.69 Å². The van der Waals surface area contributed by atoms with Crippen molar-refractivity contribution >= 4 is 35.2 Å². The van der Waals surface area contributed by atoms with Crippen molar-refractivity contribution in [1.29, 1.82) is 0 Å². The van der Waals surface area contributed by atoms with E-state index in [4.69, 9.17) is 5.11 Å². The van der Waals surface area contributed by atoms with Gasteiger partial charge in [-0.2, -0.15) is 0 Å². The summed E-state index contributed by atoms with van der Waals surface area (Å²) in [5.41, 5.74) is 2.79. The van der Waals surface area contributed by atoms with Crippen molar-refractivity contribution in [3.8, 4) is 0 Å². The van der Waals surface area contributed by atoms with Crippen molar-refractivity contribution in [1.82, 2.24) is 10.2 Å². The Kier molecular flexibility index (Phi) is 8.11. The molecule has 35 heavy (non-hydrogen) atoms. The molecule has 0 radical (unpaired) electrons. The van der Waals surface area contributed by atoms with Crippen LogP contribution in [0.2, 0.25) is 0 Å². The van der Waals surface area contributed by atoms with Crippen LogP contribution < -0.4 is 10.6 Å². The molecule has 1 aromatic carbocycles. The molecule has 3 fully saturated rings. The molecule has 4 rings (SSSR count). The quantitative estimate of drug-likeness (QED) is 0.404. The number of hydrogen-bond donors (Lipinski definition) is 3. The lowest BCUT2D eigenvalue weighted by Crippen LogP contribution is -2.52. The first kappa shape index (κ1) is 26.0. The van der Waals surface area contributed by atoms with Crippen LogP contribution in [0.15, 0.2) is 18.2 Å². The third-order valence-electron chi connectivity index (χ3n) is 7.94. The molecule has 1 spiro atoms. The molecule has 2 unspecified atom stereocenters. The van der Waals surface area contributed by atoms with Gasteiger partial charge in [0.2, 0.25) is 17.7 Å². The molecule has 3 amide bonds. The highest BCUT2D eigenvalue weighted by molar-refractivity contribution is 8.02. The van der Waals surface area contributed by atoms with Crippen LogP contribution in [0, 0.1) is 25.7 Å². The second-order valence-electron chi connectivity index (χ2n) is 10.3. The van der Waals surface area contributed by atoms with Gasteiger partial charge in [0.05, 0.1) is 16.6 Å². The number of fused-ring (bicyclic) bond motifs is 1. The summed E-state index contributed by atoms with van der Waals surface area (Å²) >= 11 is 1.71. The molecule has 1 aromatic rings. The third kappa shape index (κ3) is 4.71. The largest absolute Gasteiger partial charge is 0.396 e. The molecule has 3 N–H and O–H groups in total. The van der Waals surface area contributed by atoms with E-state index >= 15 is 0 Å². The zero-order valence-electron chi connectivity index (χ0n) is 21.1. The molecule has 3 aliphatic heterocycles. The molecule has 5 atom stereocenters. The van der Waals surface area contributed by atoms with Crippen LogP contribution in [0.3, 0.4) is 0 Å². The van der Waals surface area contributed by atoms with Crippen LogP contribution in [0.25, 0.3) is 0 Å². The molecule has 192 valence electrons. The fourth-order valence-electron chi connectivity index (χ4n) is 6.31. The molecular weight excluding hydrogens is 462 g/mol. The number of unbranched alkanes of at least 4 members (excludes halogenated alkanes) is 3. The number of thioether (sulfide) groups is 1. The van der Waals surface area contributed by atoms with E-state index in [-0.39, 0.29) is 35.5 Å². The Balaban J connectivity index is 1.63. The molecular formula is C27H39N3O4S. The van der Waals surface area contributed by atoms with Gasteiger partial charge in [-0.25, -0.2) is 0 Å².